The quantitative estimate of drug-likeness (QED) is 0.674. The van der Waals surface area contributed by atoms with E-state index < -0.39 is 0 Å². The molecule has 0 saturated carbocycles. The lowest BCUT2D eigenvalue weighted by molar-refractivity contribution is 0.830. The van der Waals surface area contributed by atoms with Crippen LogP contribution in [0.15, 0.2) is 30.5 Å². The molecule has 0 radical (unpaired) electrons. The van der Waals surface area contributed by atoms with Crippen LogP contribution in [0.1, 0.15) is 11.4 Å². The first-order chi connectivity index (χ1) is 6.79. The molecule has 0 aliphatic rings. The van der Waals surface area contributed by atoms with Gasteiger partial charge in [-0.05, 0) is 25.1 Å². The van der Waals surface area contributed by atoms with Crippen molar-refractivity contribution in [3.05, 3.63) is 41.9 Å². The smallest absolute Gasteiger partial charge is 0.154 e. The van der Waals surface area contributed by atoms with Crippen molar-refractivity contribution in [2.24, 2.45) is 0 Å². The molecule has 0 spiro atoms. The van der Waals surface area contributed by atoms with Gasteiger partial charge < -0.3 is 0 Å². The monoisotopic (exact) mass is 184 g/mol. The highest BCUT2D eigenvalue weighted by Crippen LogP contribution is 2.04. The maximum atomic E-state index is 8.67. The Hall–Kier alpha value is -2.15. The van der Waals surface area contributed by atoms with Gasteiger partial charge in [0.2, 0.25) is 0 Å². The molecule has 4 heteroatoms. The van der Waals surface area contributed by atoms with Gasteiger partial charge in [-0.3, -0.25) is 0 Å². The minimum atomic E-state index is 0.399. The lowest BCUT2D eigenvalue weighted by Gasteiger charge is -1.98. The summed E-state index contributed by atoms with van der Waals surface area (Å²) in [5.41, 5.74) is 1.32. The largest absolute Gasteiger partial charge is 0.222 e. The maximum Gasteiger partial charge on any atom is 0.154 e. The Bertz CT molecular complexity index is 493. The lowest BCUT2D eigenvalue weighted by atomic mass is 10.4. The van der Waals surface area contributed by atoms with Gasteiger partial charge in [-0.2, -0.15) is 10.4 Å². The summed E-state index contributed by atoms with van der Waals surface area (Å²) in [5, 5.41) is 12.9. The number of nitriles is 1. The van der Waals surface area contributed by atoms with Crippen LogP contribution in [0.3, 0.4) is 0 Å². The van der Waals surface area contributed by atoms with Crippen LogP contribution < -0.4 is 0 Å². The Morgan fingerprint density at radius 3 is 2.86 bits per heavy atom. The molecular weight excluding hydrogens is 176 g/mol. The average molecular weight is 184 g/mol. The average Bonchev–Trinajstić information content (AvgIpc) is 2.65. The van der Waals surface area contributed by atoms with Crippen molar-refractivity contribution in [1.82, 2.24) is 14.8 Å². The van der Waals surface area contributed by atoms with E-state index in [2.05, 4.69) is 10.1 Å². The van der Waals surface area contributed by atoms with E-state index in [1.54, 1.807) is 16.8 Å². The third-order valence-corrected chi connectivity index (χ3v) is 1.81. The van der Waals surface area contributed by atoms with Crippen LogP contribution in [0.5, 0.6) is 0 Å². The minimum absolute atomic E-state index is 0.399. The van der Waals surface area contributed by atoms with Gasteiger partial charge in [-0.25, -0.2) is 9.67 Å². The fraction of sp³-hybridized carbons (Fsp3) is 0.100. The number of hydrogen-bond donors (Lipinski definition) is 0. The van der Waals surface area contributed by atoms with E-state index in [4.69, 9.17) is 5.26 Å². The molecule has 0 aliphatic carbocycles. The molecule has 2 aromatic heterocycles. The second kappa shape index (κ2) is 3.30. The summed E-state index contributed by atoms with van der Waals surface area (Å²) in [6.45, 7) is 1.91. The van der Waals surface area contributed by atoms with E-state index in [9.17, 15) is 0 Å². The number of aromatic nitrogens is 3. The number of hydrogen-bond acceptors (Lipinski definition) is 3. The normalized spacial score (nSPS) is 9.71. The van der Waals surface area contributed by atoms with E-state index in [0.29, 0.717) is 11.5 Å². The second-order valence-electron chi connectivity index (χ2n) is 2.89. The Morgan fingerprint density at radius 1 is 1.36 bits per heavy atom. The minimum Gasteiger partial charge on any atom is -0.222 e. The first-order valence-corrected chi connectivity index (χ1v) is 4.19. The summed E-state index contributed by atoms with van der Waals surface area (Å²) in [4.78, 5) is 4.11. The molecule has 0 aromatic carbocycles. The van der Waals surface area contributed by atoms with Crippen molar-refractivity contribution >= 4 is 0 Å². The molecule has 68 valence electrons. The van der Waals surface area contributed by atoms with Crippen LogP contribution in [0, 0.1) is 18.3 Å². The van der Waals surface area contributed by atoms with Gasteiger partial charge in [0.1, 0.15) is 11.8 Å². The number of nitrogens with zero attached hydrogens (tertiary/aromatic N) is 4. The molecule has 4 nitrogen and oxygen atoms in total. The Labute approximate surface area is 81.4 Å². The molecule has 0 N–H and O–H groups in total. The molecule has 0 atom stereocenters. The molecule has 0 unspecified atom stereocenters. The number of aryl methyl sites for hydroxylation is 1. The fourth-order valence-corrected chi connectivity index (χ4v) is 1.16. The van der Waals surface area contributed by atoms with Crippen molar-refractivity contribution in [1.29, 1.82) is 5.26 Å². The first kappa shape index (κ1) is 8.45. The Balaban J connectivity index is 2.47. The summed E-state index contributed by atoms with van der Waals surface area (Å²) in [6, 6.07) is 9.15. The van der Waals surface area contributed by atoms with Gasteiger partial charge in [0.05, 0.1) is 5.69 Å². The van der Waals surface area contributed by atoms with Crippen LogP contribution in [0.4, 0.5) is 0 Å². The van der Waals surface area contributed by atoms with Gasteiger partial charge >= 0.3 is 0 Å². The van der Waals surface area contributed by atoms with Crippen LogP contribution in [-0.4, -0.2) is 14.8 Å². The van der Waals surface area contributed by atoms with Crippen molar-refractivity contribution in [3.63, 3.8) is 0 Å². The Morgan fingerprint density at radius 2 is 2.21 bits per heavy atom. The van der Waals surface area contributed by atoms with E-state index in [0.717, 1.165) is 5.69 Å². The molecule has 2 heterocycles. The van der Waals surface area contributed by atoms with E-state index in [1.165, 1.54) is 0 Å². The maximum absolute atomic E-state index is 8.67. The zero-order chi connectivity index (χ0) is 9.97. The summed E-state index contributed by atoms with van der Waals surface area (Å²) in [5.74, 6) is 0.664. The van der Waals surface area contributed by atoms with Gasteiger partial charge in [0.25, 0.3) is 0 Å². The van der Waals surface area contributed by atoms with Gasteiger partial charge in [0, 0.05) is 6.20 Å². The van der Waals surface area contributed by atoms with Crippen LogP contribution in [-0.2, 0) is 0 Å². The standard InChI is InChI=1S/C10H8N4/c1-8-5-6-14(13-8)10-4-2-3-9(7-11)12-10/h2-6H,1H3. The third kappa shape index (κ3) is 1.48. The summed E-state index contributed by atoms with van der Waals surface area (Å²) in [7, 11) is 0. The predicted octanol–water partition coefficient (Wildman–Crippen LogP) is 1.45. The van der Waals surface area contributed by atoms with E-state index in [-0.39, 0.29) is 0 Å². The van der Waals surface area contributed by atoms with Crippen LogP contribution in [0.2, 0.25) is 0 Å². The van der Waals surface area contributed by atoms with Crippen LogP contribution in [0.25, 0.3) is 5.82 Å². The molecular formula is C10H8N4. The van der Waals surface area contributed by atoms with Gasteiger partial charge in [-0.1, -0.05) is 6.07 Å². The zero-order valence-electron chi connectivity index (χ0n) is 7.68. The molecule has 0 fully saturated rings. The summed E-state index contributed by atoms with van der Waals surface area (Å²) in [6.07, 6.45) is 1.82. The third-order valence-electron chi connectivity index (χ3n) is 1.81. The van der Waals surface area contributed by atoms with Crippen molar-refractivity contribution in [3.8, 4) is 11.9 Å². The van der Waals surface area contributed by atoms with Crippen LogP contribution >= 0.6 is 0 Å². The molecule has 0 aliphatic heterocycles. The van der Waals surface area contributed by atoms with Gasteiger partial charge in [0.15, 0.2) is 5.82 Å². The topological polar surface area (TPSA) is 54.5 Å². The van der Waals surface area contributed by atoms with Crippen molar-refractivity contribution in [2.75, 3.05) is 0 Å². The molecule has 0 saturated heterocycles. The first-order valence-electron chi connectivity index (χ1n) is 4.19. The molecule has 0 amide bonds. The zero-order valence-corrected chi connectivity index (χ0v) is 7.68. The number of rotatable bonds is 1. The highest BCUT2D eigenvalue weighted by Gasteiger charge is 2.00. The Kier molecular flexibility index (Phi) is 1.99. The lowest BCUT2D eigenvalue weighted by Crippen LogP contribution is -1.99. The number of pyridine rings is 1. The SMILES string of the molecule is Cc1ccn(-c2cccc(C#N)n2)n1. The van der Waals surface area contributed by atoms with E-state index in [1.807, 2.05) is 31.3 Å². The second-order valence-corrected chi connectivity index (χ2v) is 2.89. The summed E-state index contributed by atoms with van der Waals surface area (Å²) >= 11 is 0. The molecule has 2 aromatic rings. The van der Waals surface area contributed by atoms with Gasteiger partial charge in [-0.15, -0.1) is 0 Å². The molecule has 14 heavy (non-hydrogen) atoms. The predicted molar refractivity (Wildman–Crippen MR) is 50.8 cm³/mol. The molecule has 0 bridgehead atoms. The van der Waals surface area contributed by atoms with Crippen molar-refractivity contribution < 1.29 is 0 Å². The highest BCUT2D eigenvalue weighted by molar-refractivity contribution is 5.29. The summed E-state index contributed by atoms with van der Waals surface area (Å²) < 4.78 is 1.65. The van der Waals surface area contributed by atoms with E-state index >= 15 is 0 Å². The fourth-order valence-electron chi connectivity index (χ4n) is 1.16. The molecule has 2 rings (SSSR count). The highest BCUT2D eigenvalue weighted by atomic mass is 15.3. The van der Waals surface area contributed by atoms with Crippen molar-refractivity contribution in [2.45, 2.75) is 6.92 Å².